The van der Waals surface area contributed by atoms with Gasteiger partial charge in [-0.15, -0.1) is 0 Å². The highest BCUT2D eigenvalue weighted by Crippen LogP contribution is 2.33. The Morgan fingerprint density at radius 1 is 0.974 bits per heavy atom. The molecule has 0 aliphatic rings. The van der Waals surface area contributed by atoms with Gasteiger partial charge in [0.25, 0.3) is 10.0 Å². The summed E-state index contributed by atoms with van der Waals surface area (Å²) in [6, 6.07) is 21.6. The van der Waals surface area contributed by atoms with Gasteiger partial charge < -0.3 is 15.0 Å². The van der Waals surface area contributed by atoms with Crippen molar-refractivity contribution in [3.8, 4) is 5.75 Å². The maximum atomic E-state index is 13.9. The molecule has 38 heavy (non-hydrogen) atoms. The number of amides is 2. The number of anilines is 1. The fourth-order valence-electron chi connectivity index (χ4n) is 3.99. The molecule has 3 aromatic rings. The molecule has 9 heteroatoms. The Labute approximate surface area is 225 Å². The van der Waals surface area contributed by atoms with Gasteiger partial charge in [0.1, 0.15) is 18.3 Å². The smallest absolute Gasteiger partial charge is 0.264 e. The van der Waals surface area contributed by atoms with Crippen LogP contribution in [0.2, 0.25) is 0 Å². The molecule has 0 aliphatic carbocycles. The molecular formula is C29H35N3O5S. The Balaban J connectivity index is 2.06. The molecule has 2 amide bonds. The standard InChI is InChI=1S/C29H35N3O5S/c1-5-18-30-29(34)23(3)31(20-24-12-8-6-9-13-24)28(33)21-32(26-19-22(2)16-17-27(26)37-4)38(35,36)25-14-10-7-11-15-25/h6-17,19,23H,5,18,20-21H2,1-4H3,(H,30,34)/t23-/m0/s1. The van der Waals surface area contributed by atoms with Crippen molar-refractivity contribution in [1.82, 2.24) is 10.2 Å². The van der Waals surface area contributed by atoms with E-state index in [1.54, 1.807) is 43.3 Å². The zero-order valence-electron chi connectivity index (χ0n) is 22.3. The van der Waals surface area contributed by atoms with Crippen molar-refractivity contribution in [3.63, 3.8) is 0 Å². The first-order chi connectivity index (χ1) is 18.2. The Hall–Kier alpha value is -3.85. The molecule has 8 nitrogen and oxygen atoms in total. The molecule has 0 saturated carbocycles. The summed E-state index contributed by atoms with van der Waals surface area (Å²) in [7, 11) is -2.71. The molecule has 202 valence electrons. The third kappa shape index (κ3) is 6.92. The molecule has 0 bridgehead atoms. The van der Waals surface area contributed by atoms with Gasteiger partial charge in [-0.2, -0.15) is 0 Å². The van der Waals surface area contributed by atoms with Crippen LogP contribution in [0.3, 0.4) is 0 Å². The number of methoxy groups -OCH3 is 1. The summed E-state index contributed by atoms with van der Waals surface area (Å²) in [4.78, 5) is 28.3. The fourth-order valence-corrected chi connectivity index (χ4v) is 5.42. The number of nitrogens with zero attached hydrogens (tertiary/aromatic N) is 2. The Bertz CT molecular complexity index is 1330. The lowest BCUT2D eigenvalue weighted by atomic mass is 10.1. The molecule has 1 atom stereocenters. The van der Waals surface area contributed by atoms with Crippen LogP contribution in [0.25, 0.3) is 0 Å². The summed E-state index contributed by atoms with van der Waals surface area (Å²) in [5.41, 5.74) is 1.86. The van der Waals surface area contributed by atoms with E-state index in [1.165, 1.54) is 24.1 Å². The van der Waals surface area contributed by atoms with Gasteiger partial charge in [0, 0.05) is 13.1 Å². The summed E-state index contributed by atoms with van der Waals surface area (Å²) < 4.78 is 34.3. The number of sulfonamides is 1. The van der Waals surface area contributed by atoms with Crippen molar-refractivity contribution >= 4 is 27.5 Å². The molecule has 0 heterocycles. The highest BCUT2D eigenvalue weighted by Gasteiger charge is 2.33. The van der Waals surface area contributed by atoms with Gasteiger partial charge in [-0.1, -0.05) is 61.5 Å². The number of ether oxygens (including phenoxy) is 1. The lowest BCUT2D eigenvalue weighted by Gasteiger charge is -2.32. The first-order valence-electron chi connectivity index (χ1n) is 12.5. The zero-order valence-corrected chi connectivity index (χ0v) is 23.1. The number of benzene rings is 3. The molecular weight excluding hydrogens is 502 g/mol. The van der Waals surface area contributed by atoms with Crippen molar-refractivity contribution in [3.05, 3.63) is 90.0 Å². The van der Waals surface area contributed by atoms with Crippen LogP contribution in [0, 0.1) is 6.92 Å². The first kappa shape index (κ1) is 28.7. The molecule has 0 spiro atoms. The van der Waals surface area contributed by atoms with Gasteiger partial charge in [0.2, 0.25) is 11.8 Å². The summed E-state index contributed by atoms with van der Waals surface area (Å²) in [6.45, 7) is 5.53. The van der Waals surface area contributed by atoms with E-state index in [4.69, 9.17) is 4.74 Å². The minimum atomic E-state index is -4.16. The predicted octanol–water partition coefficient (Wildman–Crippen LogP) is 4.14. The van der Waals surface area contributed by atoms with Crippen molar-refractivity contribution in [2.45, 2.75) is 44.7 Å². The number of carbonyl (C=O) groups is 2. The van der Waals surface area contributed by atoms with E-state index in [9.17, 15) is 18.0 Å². The highest BCUT2D eigenvalue weighted by molar-refractivity contribution is 7.92. The zero-order chi connectivity index (χ0) is 27.7. The average molecular weight is 538 g/mol. The monoisotopic (exact) mass is 537 g/mol. The molecule has 0 fully saturated rings. The maximum Gasteiger partial charge on any atom is 0.264 e. The Kier molecular flexibility index (Phi) is 9.90. The summed E-state index contributed by atoms with van der Waals surface area (Å²) in [6.07, 6.45) is 0.751. The van der Waals surface area contributed by atoms with Gasteiger partial charge in [-0.25, -0.2) is 8.42 Å². The van der Waals surface area contributed by atoms with Gasteiger partial charge in [-0.05, 0) is 55.7 Å². The fraction of sp³-hybridized carbons (Fsp3) is 0.310. The second-order valence-electron chi connectivity index (χ2n) is 8.97. The number of aryl methyl sites for hydroxylation is 1. The predicted molar refractivity (Wildman–Crippen MR) is 148 cm³/mol. The highest BCUT2D eigenvalue weighted by atomic mass is 32.2. The van der Waals surface area contributed by atoms with Crippen LogP contribution in [-0.4, -0.2) is 51.4 Å². The minimum absolute atomic E-state index is 0.0414. The number of rotatable bonds is 12. The van der Waals surface area contributed by atoms with Crippen LogP contribution in [0.15, 0.2) is 83.8 Å². The third-order valence-corrected chi connectivity index (χ3v) is 7.90. The molecule has 0 unspecified atom stereocenters. The Morgan fingerprint density at radius 3 is 2.21 bits per heavy atom. The molecule has 0 aromatic heterocycles. The Morgan fingerprint density at radius 2 is 1.61 bits per heavy atom. The van der Waals surface area contributed by atoms with Crippen LogP contribution < -0.4 is 14.4 Å². The second-order valence-corrected chi connectivity index (χ2v) is 10.8. The number of hydrogen-bond acceptors (Lipinski definition) is 5. The summed E-state index contributed by atoms with van der Waals surface area (Å²) in [5, 5.41) is 2.84. The van der Waals surface area contributed by atoms with Gasteiger partial charge >= 0.3 is 0 Å². The lowest BCUT2D eigenvalue weighted by molar-refractivity contribution is -0.139. The van der Waals surface area contributed by atoms with Crippen molar-refractivity contribution < 1.29 is 22.7 Å². The third-order valence-electron chi connectivity index (χ3n) is 6.13. The topological polar surface area (TPSA) is 96.0 Å². The minimum Gasteiger partial charge on any atom is -0.495 e. The van der Waals surface area contributed by atoms with Crippen LogP contribution in [0.5, 0.6) is 5.75 Å². The lowest BCUT2D eigenvalue weighted by Crippen LogP contribution is -2.51. The van der Waals surface area contributed by atoms with Crippen LogP contribution in [0.4, 0.5) is 5.69 Å². The normalized spacial score (nSPS) is 11.9. The average Bonchev–Trinajstić information content (AvgIpc) is 2.93. The van der Waals surface area contributed by atoms with E-state index in [-0.39, 0.29) is 23.0 Å². The largest absolute Gasteiger partial charge is 0.495 e. The number of hydrogen-bond donors (Lipinski definition) is 1. The first-order valence-corrected chi connectivity index (χ1v) is 14.0. The molecule has 0 radical (unpaired) electrons. The van der Waals surface area contributed by atoms with Gasteiger partial charge in [0.15, 0.2) is 0 Å². The molecule has 1 N–H and O–H groups in total. The second kappa shape index (κ2) is 13.1. The SMILES string of the molecule is CCCNC(=O)[C@H](C)N(Cc1ccccc1)C(=O)CN(c1cc(C)ccc1OC)S(=O)(=O)c1ccccc1. The van der Waals surface area contributed by atoms with Gasteiger partial charge in [-0.3, -0.25) is 13.9 Å². The molecule has 0 saturated heterocycles. The quantitative estimate of drug-likeness (QED) is 0.375. The number of nitrogens with one attached hydrogen (secondary N) is 1. The van der Waals surface area contributed by atoms with Crippen molar-refractivity contribution in [2.24, 2.45) is 0 Å². The van der Waals surface area contributed by atoms with E-state index >= 15 is 0 Å². The number of carbonyl (C=O) groups excluding carboxylic acids is 2. The molecule has 3 rings (SSSR count). The van der Waals surface area contributed by atoms with Crippen LogP contribution >= 0.6 is 0 Å². The summed E-state index contributed by atoms with van der Waals surface area (Å²) >= 11 is 0. The van der Waals surface area contributed by atoms with Gasteiger partial charge in [0.05, 0.1) is 17.7 Å². The van der Waals surface area contributed by atoms with Crippen molar-refractivity contribution in [1.29, 1.82) is 0 Å². The van der Waals surface area contributed by atoms with E-state index < -0.39 is 28.5 Å². The molecule has 0 aliphatic heterocycles. The van der Waals surface area contributed by atoms with E-state index in [2.05, 4.69) is 5.32 Å². The van der Waals surface area contributed by atoms with Crippen LogP contribution in [0.1, 0.15) is 31.4 Å². The van der Waals surface area contributed by atoms with E-state index in [0.29, 0.717) is 12.3 Å². The van der Waals surface area contributed by atoms with Crippen LogP contribution in [-0.2, 0) is 26.2 Å². The molecule has 3 aromatic carbocycles. The summed E-state index contributed by atoms with van der Waals surface area (Å²) in [5.74, 6) is -0.510. The van der Waals surface area contributed by atoms with Crippen molar-refractivity contribution in [2.75, 3.05) is 24.5 Å². The maximum absolute atomic E-state index is 13.9. The van der Waals surface area contributed by atoms with E-state index in [1.807, 2.05) is 44.2 Å². The van der Waals surface area contributed by atoms with E-state index in [0.717, 1.165) is 21.9 Å².